The van der Waals surface area contributed by atoms with Crippen molar-refractivity contribution in [1.82, 2.24) is 15.2 Å². The molecular formula is C36H42N8O3. The quantitative estimate of drug-likeness (QED) is 0.115. The third-order valence-corrected chi connectivity index (χ3v) is 9.65. The number of carbonyl (C=O) groups excluding carboxylic acids is 2. The number of allylic oxidation sites excluding steroid dienone is 1. The average molecular weight is 635 g/mol. The van der Waals surface area contributed by atoms with Gasteiger partial charge in [-0.3, -0.25) is 20.3 Å². The first kappa shape index (κ1) is 31.9. The maximum absolute atomic E-state index is 12.1. The van der Waals surface area contributed by atoms with E-state index in [0.29, 0.717) is 41.8 Å². The maximum atomic E-state index is 12.1. The lowest BCUT2D eigenvalue weighted by molar-refractivity contribution is -0.133. The van der Waals surface area contributed by atoms with E-state index in [0.717, 1.165) is 63.1 Å². The first-order chi connectivity index (χ1) is 22.7. The molecule has 0 bridgehead atoms. The minimum Gasteiger partial charge on any atom is -0.507 e. The maximum Gasteiger partial charge on any atom is 0.249 e. The summed E-state index contributed by atoms with van der Waals surface area (Å²) in [5, 5.41) is 32.2. The second-order valence-corrected chi connectivity index (χ2v) is 12.6. The van der Waals surface area contributed by atoms with Gasteiger partial charge in [0.15, 0.2) is 0 Å². The number of nitrogens with one attached hydrogen (secondary N) is 4. The first-order valence-corrected chi connectivity index (χ1v) is 16.3. The van der Waals surface area contributed by atoms with E-state index < -0.39 is 6.04 Å². The highest BCUT2D eigenvalue weighted by atomic mass is 16.3. The van der Waals surface area contributed by atoms with Crippen LogP contribution in [0.15, 0.2) is 72.9 Å². The van der Waals surface area contributed by atoms with Crippen LogP contribution in [0.25, 0.3) is 5.57 Å². The number of aromatic nitrogens is 1. The van der Waals surface area contributed by atoms with Gasteiger partial charge in [-0.25, -0.2) is 4.98 Å². The summed E-state index contributed by atoms with van der Waals surface area (Å²) in [5.41, 5.74) is 9.96. The van der Waals surface area contributed by atoms with Crippen LogP contribution in [0, 0.1) is 10.8 Å². The van der Waals surface area contributed by atoms with E-state index >= 15 is 0 Å². The third-order valence-electron chi connectivity index (χ3n) is 9.65. The number of pyridine rings is 1. The van der Waals surface area contributed by atoms with Crippen LogP contribution in [0.2, 0.25) is 0 Å². The fourth-order valence-electron chi connectivity index (χ4n) is 6.92. The van der Waals surface area contributed by atoms with Gasteiger partial charge in [0, 0.05) is 48.6 Å². The normalized spacial score (nSPS) is 20.1. The molecule has 4 heterocycles. The van der Waals surface area contributed by atoms with Gasteiger partial charge in [0.25, 0.3) is 0 Å². The molecule has 47 heavy (non-hydrogen) atoms. The van der Waals surface area contributed by atoms with Gasteiger partial charge in [-0.1, -0.05) is 30.3 Å². The number of phenolic OH excluding ortho intramolecular Hbond substituents is 1. The second-order valence-electron chi connectivity index (χ2n) is 12.6. The largest absolute Gasteiger partial charge is 0.507 e. The van der Waals surface area contributed by atoms with Gasteiger partial charge >= 0.3 is 0 Å². The van der Waals surface area contributed by atoms with Gasteiger partial charge in [-0.2, -0.15) is 0 Å². The molecule has 2 aromatic carbocycles. The molecule has 6 rings (SSSR count). The molecule has 2 amide bonds. The number of hydrogen-bond acceptors (Lipinski definition) is 9. The van der Waals surface area contributed by atoms with Crippen molar-refractivity contribution in [2.24, 2.45) is 5.73 Å². The van der Waals surface area contributed by atoms with E-state index in [1.807, 2.05) is 24.4 Å². The zero-order chi connectivity index (χ0) is 32.9. The number of amidine groups is 1. The summed E-state index contributed by atoms with van der Waals surface area (Å²) in [5.74, 6) is 0.503. The summed E-state index contributed by atoms with van der Waals surface area (Å²) in [6.07, 6.45) is 8.67. The van der Waals surface area contributed by atoms with E-state index in [4.69, 9.17) is 16.6 Å². The average Bonchev–Trinajstić information content (AvgIpc) is 3.09. The van der Waals surface area contributed by atoms with Crippen LogP contribution in [0.5, 0.6) is 5.75 Å². The summed E-state index contributed by atoms with van der Waals surface area (Å²) in [6, 6.07) is 18.9. The Bertz CT molecular complexity index is 1650. The molecule has 0 radical (unpaired) electrons. The van der Waals surface area contributed by atoms with Crippen molar-refractivity contribution < 1.29 is 14.7 Å². The fourth-order valence-corrected chi connectivity index (χ4v) is 6.92. The molecule has 0 spiro atoms. The number of phenols is 1. The van der Waals surface area contributed by atoms with Crippen molar-refractivity contribution in [2.45, 2.75) is 56.5 Å². The molecule has 3 saturated heterocycles. The smallest absolute Gasteiger partial charge is 0.249 e. The first-order valence-electron chi connectivity index (χ1n) is 16.3. The predicted molar refractivity (Wildman–Crippen MR) is 184 cm³/mol. The van der Waals surface area contributed by atoms with Gasteiger partial charge in [-0.15, -0.1) is 0 Å². The van der Waals surface area contributed by atoms with E-state index in [1.165, 1.54) is 17.7 Å². The Morgan fingerprint density at radius 1 is 0.936 bits per heavy atom. The van der Waals surface area contributed by atoms with Crippen molar-refractivity contribution in [3.8, 4) is 5.75 Å². The molecule has 11 heteroatoms. The molecule has 1 atom stereocenters. The Morgan fingerprint density at radius 2 is 1.66 bits per heavy atom. The topological polar surface area (TPSA) is 172 Å². The number of rotatable bonds is 9. The minimum atomic E-state index is -0.430. The van der Waals surface area contributed by atoms with Gasteiger partial charge in [0.1, 0.15) is 23.4 Å². The summed E-state index contributed by atoms with van der Waals surface area (Å²) < 4.78 is 0. The van der Waals surface area contributed by atoms with Gasteiger partial charge < -0.3 is 31.4 Å². The SMILES string of the molecule is N=C(N)/C(=C\C(=N)c1ccccc1O)c1ccc(N2CCC(N3CCC(c4ccc(NC5CCC(=O)NC5=O)nc4)CC3)CC2)cc1. The summed E-state index contributed by atoms with van der Waals surface area (Å²) in [7, 11) is 0. The lowest BCUT2D eigenvalue weighted by atomic mass is 9.88. The molecule has 244 valence electrons. The zero-order valence-electron chi connectivity index (χ0n) is 26.4. The van der Waals surface area contributed by atoms with Gasteiger partial charge in [0.05, 0.1) is 5.71 Å². The number of nitrogens with zero attached hydrogens (tertiary/aromatic N) is 3. The molecule has 3 aliphatic rings. The number of piperidine rings is 3. The molecule has 1 unspecified atom stereocenters. The number of carbonyl (C=O) groups is 2. The van der Waals surface area contributed by atoms with Gasteiger partial charge in [-0.05, 0) is 98.6 Å². The lowest BCUT2D eigenvalue weighted by Gasteiger charge is -2.42. The van der Waals surface area contributed by atoms with Crippen molar-refractivity contribution >= 4 is 40.4 Å². The highest BCUT2D eigenvalue weighted by molar-refractivity contribution is 6.27. The molecular weight excluding hydrogens is 592 g/mol. The number of benzene rings is 2. The zero-order valence-corrected chi connectivity index (χ0v) is 26.4. The molecule has 3 aromatic rings. The van der Waals surface area contributed by atoms with Gasteiger partial charge in [0.2, 0.25) is 11.8 Å². The standard InChI is InChI=1S/C36H42N8O3/c37-30(28-3-1-2-4-32(28)45)21-29(35(38)39)24-5-8-26(9-6-24)44-19-15-27(16-20-44)43-17-13-23(14-18-43)25-7-11-33(40-22-25)41-31-10-12-34(46)42-36(31)47/h1-9,11,21-23,27,31,37,45H,10,12-20H2,(H3,38,39)(H,40,41)(H,42,46,47)/b29-21-,37-30?. The second kappa shape index (κ2) is 14.2. The lowest BCUT2D eigenvalue weighted by Crippen LogP contribution is -2.47. The molecule has 1 aromatic heterocycles. The van der Waals surface area contributed by atoms with Crippen molar-refractivity contribution in [2.75, 3.05) is 36.4 Å². The Hall–Kier alpha value is -5.03. The highest BCUT2D eigenvalue weighted by Gasteiger charge is 2.30. The Labute approximate surface area is 274 Å². The number of para-hydroxylation sites is 1. The van der Waals surface area contributed by atoms with Crippen molar-refractivity contribution in [1.29, 1.82) is 10.8 Å². The van der Waals surface area contributed by atoms with Crippen LogP contribution in [-0.2, 0) is 9.59 Å². The molecule has 3 fully saturated rings. The minimum absolute atomic E-state index is 0.0185. The van der Waals surface area contributed by atoms with E-state index in [-0.39, 0.29) is 29.1 Å². The highest BCUT2D eigenvalue weighted by Crippen LogP contribution is 2.32. The van der Waals surface area contributed by atoms with Crippen LogP contribution in [0.1, 0.15) is 61.1 Å². The third kappa shape index (κ3) is 7.52. The number of amides is 2. The van der Waals surface area contributed by atoms with E-state index in [2.05, 4.69) is 43.6 Å². The monoisotopic (exact) mass is 634 g/mol. The number of hydrogen-bond donors (Lipinski definition) is 6. The number of anilines is 2. The molecule has 0 aliphatic carbocycles. The van der Waals surface area contributed by atoms with Crippen LogP contribution >= 0.6 is 0 Å². The molecule has 0 saturated carbocycles. The Balaban J connectivity index is 0.983. The van der Waals surface area contributed by atoms with E-state index in [9.17, 15) is 14.7 Å². The van der Waals surface area contributed by atoms with Crippen LogP contribution in [-0.4, -0.2) is 76.6 Å². The summed E-state index contributed by atoms with van der Waals surface area (Å²) in [4.78, 5) is 33.1. The fraction of sp³-hybridized carbons (Fsp3) is 0.361. The number of imide groups is 1. The number of likely N-dealkylation sites (tertiary alicyclic amines) is 1. The van der Waals surface area contributed by atoms with Crippen molar-refractivity contribution in [3.63, 3.8) is 0 Å². The van der Waals surface area contributed by atoms with Crippen LogP contribution in [0.3, 0.4) is 0 Å². The summed E-state index contributed by atoms with van der Waals surface area (Å²) >= 11 is 0. The van der Waals surface area contributed by atoms with E-state index in [1.54, 1.807) is 18.2 Å². The predicted octanol–water partition coefficient (Wildman–Crippen LogP) is 4.24. The number of nitrogens with two attached hydrogens (primary N) is 1. The number of aromatic hydroxyl groups is 1. The molecule has 7 N–H and O–H groups in total. The van der Waals surface area contributed by atoms with Crippen LogP contribution in [0.4, 0.5) is 11.5 Å². The Kier molecular flexibility index (Phi) is 9.63. The molecule has 3 aliphatic heterocycles. The summed E-state index contributed by atoms with van der Waals surface area (Å²) in [6.45, 7) is 4.08. The Morgan fingerprint density at radius 3 is 2.30 bits per heavy atom. The molecule has 11 nitrogen and oxygen atoms in total. The van der Waals surface area contributed by atoms with Crippen molar-refractivity contribution in [3.05, 3.63) is 89.6 Å². The van der Waals surface area contributed by atoms with Crippen LogP contribution < -0.4 is 21.3 Å².